The summed E-state index contributed by atoms with van der Waals surface area (Å²) in [5.41, 5.74) is 0. The van der Waals surface area contributed by atoms with Crippen LogP contribution in [0, 0.1) is 11.8 Å². The lowest BCUT2D eigenvalue weighted by atomic mass is 9.97. The standard InChI is InChI=1S/C13H24BrNO2/c1-4-12-11(5-6-17-12)13(16)15-10(8-14)7-9(2)3/h9-12H,4-8H2,1-3H3,(H,15,16). The molecule has 0 bridgehead atoms. The van der Waals surface area contributed by atoms with Crippen molar-refractivity contribution < 1.29 is 9.53 Å². The Balaban J connectivity index is 2.46. The van der Waals surface area contributed by atoms with Gasteiger partial charge in [0.15, 0.2) is 0 Å². The van der Waals surface area contributed by atoms with E-state index < -0.39 is 0 Å². The van der Waals surface area contributed by atoms with Crippen molar-refractivity contribution in [1.82, 2.24) is 5.32 Å². The first-order valence-electron chi connectivity index (χ1n) is 6.56. The molecule has 0 aromatic rings. The van der Waals surface area contributed by atoms with Gasteiger partial charge in [0, 0.05) is 18.0 Å². The molecule has 1 aliphatic heterocycles. The van der Waals surface area contributed by atoms with E-state index in [1.165, 1.54) is 0 Å². The summed E-state index contributed by atoms with van der Waals surface area (Å²) in [4.78, 5) is 12.2. The van der Waals surface area contributed by atoms with E-state index in [0.717, 1.165) is 31.2 Å². The number of alkyl halides is 1. The molecule has 3 nitrogen and oxygen atoms in total. The van der Waals surface area contributed by atoms with Gasteiger partial charge >= 0.3 is 0 Å². The van der Waals surface area contributed by atoms with Crippen molar-refractivity contribution >= 4 is 21.8 Å². The first-order valence-corrected chi connectivity index (χ1v) is 7.68. The normalized spacial score (nSPS) is 26.2. The van der Waals surface area contributed by atoms with E-state index in [1.54, 1.807) is 0 Å². The van der Waals surface area contributed by atoms with E-state index in [-0.39, 0.29) is 24.0 Å². The van der Waals surface area contributed by atoms with E-state index in [0.29, 0.717) is 5.92 Å². The maximum Gasteiger partial charge on any atom is 0.226 e. The van der Waals surface area contributed by atoms with E-state index >= 15 is 0 Å². The second-order valence-corrected chi connectivity index (χ2v) is 5.85. The van der Waals surface area contributed by atoms with Gasteiger partial charge in [0.1, 0.15) is 0 Å². The molecule has 1 rings (SSSR count). The number of rotatable bonds is 6. The van der Waals surface area contributed by atoms with Crippen LogP contribution in [0.15, 0.2) is 0 Å². The lowest BCUT2D eigenvalue weighted by Gasteiger charge is -2.22. The summed E-state index contributed by atoms with van der Waals surface area (Å²) in [5.74, 6) is 0.813. The molecule has 0 aliphatic carbocycles. The quantitative estimate of drug-likeness (QED) is 0.766. The molecule has 0 saturated carbocycles. The van der Waals surface area contributed by atoms with Gasteiger partial charge in [-0.05, 0) is 25.2 Å². The average molecular weight is 306 g/mol. The predicted octanol–water partition coefficient (Wildman–Crippen LogP) is 2.73. The van der Waals surface area contributed by atoms with Crippen LogP contribution in [0.1, 0.15) is 40.0 Å². The van der Waals surface area contributed by atoms with Crippen molar-refractivity contribution in [2.75, 3.05) is 11.9 Å². The minimum absolute atomic E-state index is 0.0497. The van der Waals surface area contributed by atoms with Crippen LogP contribution in [0.25, 0.3) is 0 Å². The molecule has 4 heteroatoms. The fourth-order valence-electron chi connectivity index (χ4n) is 2.39. The second-order valence-electron chi connectivity index (χ2n) is 5.20. The molecule has 0 spiro atoms. The first-order chi connectivity index (χ1) is 8.08. The maximum absolute atomic E-state index is 12.2. The average Bonchev–Trinajstić information content (AvgIpc) is 2.75. The minimum Gasteiger partial charge on any atom is -0.377 e. The predicted molar refractivity (Wildman–Crippen MR) is 73.3 cm³/mol. The van der Waals surface area contributed by atoms with Gasteiger partial charge in [-0.1, -0.05) is 36.7 Å². The van der Waals surface area contributed by atoms with Gasteiger partial charge in [0.25, 0.3) is 0 Å². The summed E-state index contributed by atoms with van der Waals surface area (Å²) in [7, 11) is 0. The van der Waals surface area contributed by atoms with Crippen molar-refractivity contribution in [2.45, 2.75) is 52.2 Å². The van der Waals surface area contributed by atoms with Crippen molar-refractivity contribution in [1.29, 1.82) is 0 Å². The number of carbonyl (C=O) groups excluding carboxylic acids is 1. The number of amides is 1. The Kier molecular flexibility index (Phi) is 6.49. The van der Waals surface area contributed by atoms with E-state index in [4.69, 9.17) is 4.74 Å². The molecule has 1 N–H and O–H groups in total. The van der Waals surface area contributed by atoms with Gasteiger partial charge in [-0.25, -0.2) is 0 Å². The van der Waals surface area contributed by atoms with Crippen LogP contribution in [0.2, 0.25) is 0 Å². The summed E-state index contributed by atoms with van der Waals surface area (Å²) in [5, 5.41) is 3.96. The largest absolute Gasteiger partial charge is 0.377 e. The van der Waals surface area contributed by atoms with Crippen LogP contribution in [0.5, 0.6) is 0 Å². The molecule has 0 aromatic carbocycles. The fourth-order valence-corrected chi connectivity index (χ4v) is 2.81. The highest BCUT2D eigenvalue weighted by Crippen LogP contribution is 2.24. The second kappa shape index (κ2) is 7.37. The molecule has 3 atom stereocenters. The molecule has 1 heterocycles. The zero-order valence-electron chi connectivity index (χ0n) is 11.0. The van der Waals surface area contributed by atoms with Crippen LogP contribution < -0.4 is 5.32 Å². The monoisotopic (exact) mass is 305 g/mol. The van der Waals surface area contributed by atoms with Gasteiger partial charge in [0.05, 0.1) is 12.0 Å². The van der Waals surface area contributed by atoms with Gasteiger partial charge in [-0.15, -0.1) is 0 Å². The SMILES string of the molecule is CCC1OCCC1C(=O)NC(CBr)CC(C)C. The molecular weight excluding hydrogens is 282 g/mol. The van der Waals surface area contributed by atoms with Crippen LogP contribution >= 0.6 is 15.9 Å². The summed E-state index contributed by atoms with van der Waals surface area (Å²) in [6, 6.07) is 0.237. The highest BCUT2D eigenvalue weighted by molar-refractivity contribution is 9.09. The highest BCUT2D eigenvalue weighted by atomic mass is 79.9. The molecular formula is C13H24BrNO2. The van der Waals surface area contributed by atoms with Crippen molar-refractivity contribution in [3.05, 3.63) is 0 Å². The van der Waals surface area contributed by atoms with Crippen LogP contribution in [0.3, 0.4) is 0 Å². The Hall–Kier alpha value is -0.0900. The molecule has 17 heavy (non-hydrogen) atoms. The summed E-state index contributed by atoms with van der Waals surface area (Å²) in [6.45, 7) is 7.15. The van der Waals surface area contributed by atoms with Crippen LogP contribution in [-0.4, -0.2) is 30.0 Å². The number of nitrogens with one attached hydrogen (secondary N) is 1. The zero-order valence-corrected chi connectivity index (χ0v) is 12.6. The lowest BCUT2D eigenvalue weighted by molar-refractivity contribution is -0.127. The first kappa shape index (κ1) is 15.0. The van der Waals surface area contributed by atoms with Crippen LogP contribution in [0.4, 0.5) is 0 Å². The van der Waals surface area contributed by atoms with Gasteiger partial charge in [0.2, 0.25) is 5.91 Å². The van der Waals surface area contributed by atoms with Crippen LogP contribution in [-0.2, 0) is 9.53 Å². The minimum atomic E-state index is 0.0497. The van der Waals surface area contributed by atoms with E-state index in [9.17, 15) is 4.79 Å². The Morgan fingerprint density at radius 1 is 1.53 bits per heavy atom. The molecule has 1 aliphatic rings. The van der Waals surface area contributed by atoms with Gasteiger partial charge in [-0.2, -0.15) is 0 Å². The van der Waals surface area contributed by atoms with Crippen molar-refractivity contribution in [3.63, 3.8) is 0 Å². The highest BCUT2D eigenvalue weighted by Gasteiger charge is 2.33. The molecule has 1 saturated heterocycles. The van der Waals surface area contributed by atoms with E-state index in [2.05, 4.69) is 42.0 Å². The van der Waals surface area contributed by atoms with E-state index in [1.807, 2.05) is 0 Å². The topological polar surface area (TPSA) is 38.3 Å². The number of carbonyl (C=O) groups is 1. The van der Waals surface area contributed by atoms with Gasteiger partial charge < -0.3 is 10.1 Å². The molecule has 100 valence electrons. The molecule has 1 fully saturated rings. The third-order valence-electron chi connectivity index (χ3n) is 3.24. The number of halogens is 1. The number of hydrogen-bond acceptors (Lipinski definition) is 2. The Morgan fingerprint density at radius 3 is 2.76 bits per heavy atom. The third-order valence-corrected chi connectivity index (χ3v) is 4.02. The number of ether oxygens (including phenoxy) is 1. The molecule has 1 amide bonds. The van der Waals surface area contributed by atoms with Crippen molar-refractivity contribution in [3.8, 4) is 0 Å². The zero-order chi connectivity index (χ0) is 12.8. The third kappa shape index (κ3) is 4.59. The summed E-state index contributed by atoms with van der Waals surface area (Å²) >= 11 is 3.47. The Morgan fingerprint density at radius 2 is 2.24 bits per heavy atom. The summed E-state index contributed by atoms with van der Waals surface area (Å²) < 4.78 is 5.56. The smallest absolute Gasteiger partial charge is 0.226 e. The Labute approximate surface area is 113 Å². The fraction of sp³-hybridized carbons (Fsp3) is 0.923. The molecule has 3 unspecified atom stereocenters. The molecule has 0 radical (unpaired) electrons. The summed E-state index contributed by atoms with van der Waals surface area (Å²) in [6.07, 6.45) is 2.91. The Bertz CT molecular complexity index is 246. The van der Waals surface area contributed by atoms with Crippen molar-refractivity contribution in [2.24, 2.45) is 11.8 Å². The lowest BCUT2D eigenvalue weighted by Crippen LogP contribution is -2.42. The number of hydrogen-bond donors (Lipinski definition) is 1. The van der Waals surface area contributed by atoms with Gasteiger partial charge in [-0.3, -0.25) is 4.79 Å². The molecule has 0 aromatic heterocycles. The maximum atomic E-state index is 12.2.